The summed E-state index contributed by atoms with van der Waals surface area (Å²) in [5.41, 5.74) is 6.81. The van der Waals surface area contributed by atoms with Crippen LogP contribution in [-0.2, 0) is 0 Å². The average Bonchev–Trinajstić information content (AvgIpc) is 1.96. The molecule has 2 amide bonds. The lowest BCUT2D eigenvalue weighted by Gasteiger charge is -1.86. The summed E-state index contributed by atoms with van der Waals surface area (Å²) in [6, 6.07) is -0.655. The van der Waals surface area contributed by atoms with Crippen molar-refractivity contribution < 1.29 is 4.79 Å². The van der Waals surface area contributed by atoms with Gasteiger partial charge < -0.3 is 5.73 Å². The molecule has 0 rings (SSSR count). The number of nitrogens with two attached hydrogens (primary N) is 1. The van der Waals surface area contributed by atoms with Gasteiger partial charge in [0, 0.05) is 6.21 Å². The van der Waals surface area contributed by atoms with Crippen LogP contribution in [0.4, 0.5) is 4.79 Å². The van der Waals surface area contributed by atoms with Gasteiger partial charge in [0.15, 0.2) is 0 Å². The van der Waals surface area contributed by atoms with E-state index in [9.17, 15) is 4.79 Å². The second-order valence-electron chi connectivity index (χ2n) is 1.54. The van der Waals surface area contributed by atoms with Crippen molar-refractivity contribution in [2.45, 2.75) is 6.92 Å². The Balaban J connectivity index is 3.36. The SMILES string of the molecule is CCS/C=C/C=N/NC(N)=O. The van der Waals surface area contributed by atoms with Crippen LogP contribution in [0.25, 0.3) is 0 Å². The number of amides is 2. The molecule has 0 heterocycles. The van der Waals surface area contributed by atoms with E-state index >= 15 is 0 Å². The summed E-state index contributed by atoms with van der Waals surface area (Å²) in [6.45, 7) is 2.05. The molecule has 4 nitrogen and oxygen atoms in total. The number of nitrogens with one attached hydrogen (secondary N) is 1. The van der Waals surface area contributed by atoms with Crippen LogP contribution < -0.4 is 11.2 Å². The highest BCUT2D eigenvalue weighted by Gasteiger charge is 1.80. The summed E-state index contributed by atoms with van der Waals surface area (Å²) in [5.74, 6) is 1.02. The number of nitrogens with zero attached hydrogens (tertiary/aromatic N) is 1. The van der Waals surface area contributed by atoms with E-state index in [1.165, 1.54) is 6.21 Å². The van der Waals surface area contributed by atoms with Gasteiger partial charge in [-0.05, 0) is 17.2 Å². The Kier molecular flexibility index (Phi) is 6.51. The normalized spacial score (nSPS) is 11.0. The van der Waals surface area contributed by atoms with E-state index < -0.39 is 6.03 Å². The van der Waals surface area contributed by atoms with Gasteiger partial charge in [0.25, 0.3) is 0 Å². The highest BCUT2D eigenvalue weighted by Crippen LogP contribution is 1.97. The molecule has 0 saturated carbocycles. The molecule has 0 aromatic heterocycles. The summed E-state index contributed by atoms with van der Waals surface area (Å²) in [6.07, 6.45) is 3.19. The van der Waals surface area contributed by atoms with Crippen LogP contribution in [0.1, 0.15) is 6.92 Å². The van der Waals surface area contributed by atoms with Crippen LogP contribution in [0.3, 0.4) is 0 Å². The number of urea groups is 1. The fourth-order valence-corrected chi connectivity index (χ4v) is 0.705. The number of rotatable bonds is 4. The van der Waals surface area contributed by atoms with E-state index in [0.717, 1.165) is 5.75 Å². The first-order chi connectivity index (χ1) is 5.27. The minimum Gasteiger partial charge on any atom is -0.350 e. The van der Waals surface area contributed by atoms with E-state index in [0.29, 0.717) is 0 Å². The second kappa shape index (κ2) is 7.14. The monoisotopic (exact) mass is 173 g/mol. The maximum atomic E-state index is 10.1. The van der Waals surface area contributed by atoms with Crippen LogP contribution in [-0.4, -0.2) is 18.0 Å². The molecule has 0 saturated heterocycles. The van der Waals surface area contributed by atoms with Gasteiger partial charge in [0.05, 0.1) is 0 Å². The van der Waals surface area contributed by atoms with Gasteiger partial charge in [-0.15, -0.1) is 11.8 Å². The lowest BCUT2D eigenvalue weighted by molar-refractivity contribution is 0.249. The van der Waals surface area contributed by atoms with Crippen molar-refractivity contribution in [3.8, 4) is 0 Å². The fourth-order valence-electron chi connectivity index (χ4n) is 0.331. The van der Waals surface area contributed by atoms with Crippen molar-refractivity contribution in [2.24, 2.45) is 10.8 Å². The fraction of sp³-hybridized carbons (Fsp3) is 0.333. The van der Waals surface area contributed by atoms with E-state index in [1.807, 2.05) is 12.3 Å². The Labute approximate surface area is 69.9 Å². The molecule has 0 fully saturated rings. The van der Waals surface area contributed by atoms with Gasteiger partial charge in [-0.1, -0.05) is 6.92 Å². The predicted octanol–water partition coefficient (Wildman–Crippen LogP) is 0.907. The Bertz CT molecular complexity index is 167. The Morgan fingerprint density at radius 3 is 3.09 bits per heavy atom. The van der Waals surface area contributed by atoms with Crippen molar-refractivity contribution in [3.05, 3.63) is 11.5 Å². The first-order valence-electron chi connectivity index (χ1n) is 3.12. The molecular weight excluding hydrogens is 162 g/mol. The van der Waals surface area contributed by atoms with E-state index in [-0.39, 0.29) is 0 Å². The molecule has 0 aromatic carbocycles. The number of hydrogen-bond acceptors (Lipinski definition) is 3. The molecule has 5 heteroatoms. The molecule has 62 valence electrons. The number of carbonyl (C=O) groups is 1. The van der Waals surface area contributed by atoms with Crippen LogP contribution in [0.2, 0.25) is 0 Å². The minimum absolute atomic E-state index is 0.655. The zero-order chi connectivity index (χ0) is 8.53. The predicted molar refractivity (Wildman–Crippen MR) is 48.5 cm³/mol. The molecule has 11 heavy (non-hydrogen) atoms. The number of carbonyl (C=O) groups excluding carboxylic acids is 1. The van der Waals surface area contributed by atoms with Crippen molar-refractivity contribution in [3.63, 3.8) is 0 Å². The number of primary amides is 1. The van der Waals surface area contributed by atoms with Crippen molar-refractivity contribution in [2.75, 3.05) is 5.75 Å². The van der Waals surface area contributed by atoms with E-state index in [1.54, 1.807) is 17.8 Å². The lowest BCUT2D eigenvalue weighted by Crippen LogP contribution is -2.24. The van der Waals surface area contributed by atoms with Crippen LogP contribution >= 0.6 is 11.8 Å². The molecule has 0 unspecified atom stereocenters. The third-order valence-corrected chi connectivity index (χ3v) is 1.36. The molecule has 0 aliphatic rings. The number of hydrogen-bond donors (Lipinski definition) is 2. The average molecular weight is 173 g/mol. The highest BCUT2D eigenvalue weighted by molar-refractivity contribution is 8.02. The zero-order valence-electron chi connectivity index (χ0n) is 6.28. The maximum absolute atomic E-state index is 10.1. The number of allylic oxidation sites excluding steroid dienone is 1. The molecule has 0 aliphatic carbocycles. The first kappa shape index (κ1) is 10.0. The molecule has 0 aromatic rings. The number of thioether (sulfide) groups is 1. The zero-order valence-corrected chi connectivity index (χ0v) is 7.10. The molecular formula is C6H11N3OS. The summed E-state index contributed by atoms with van der Waals surface area (Å²) >= 11 is 1.65. The van der Waals surface area contributed by atoms with Gasteiger partial charge in [0.1, 0.15) is 0 Å². The molecule has 3 N–H and O–H groups in total. The largest absolute Gasteiger partial charge is 0.350 e. The van der Waals surface area contributed by atoms with Crippen LogP contribution in [0, 0.1) is 0 Å². The van der Waals surface area contributed by atoms with Crippen LogP contribution in [0.5, 0.6) is 0 Å². The Hall–Kier alpha value is -0.970. The topological polar surface area (TPSA) is 67.5 Å². The maximum Gasteiger partial charge on any atom is 0.332 e. The van der Waals surface area contributed by atoms with Crippen molar-refractivity contribution in [1.82, 2.24) is 5.43 Å². The standard InChI is InChI=1S/C6H11N3OS/c1-2-11-5-3-4-8-9-6(7)10/h3-5H,2H2,1H3,(H3,7,9,10)/b5-3+,8-4+. The second-order valence-corrected chi connectivity index (χ2v) is 2.72. The molecule has 0 radical (unpaired) electrons. The van der Waals surface area contributed by atoms with Crippen molar-refractivity contribution in [1.29, 1.82) is 0 Å². The quantitative estimate of drug-likeness (QED) is 0.490. The van der Waals surface area contributed by atoms with Gasteiger partial charge in [-0.25, -0.2) is 10.2 Å². The first-order valence-corrected chi connectivity index (χ1v) is 4.17. The number of hydrazone groups is 1. The molecule has 0 spiro atoms. The Morgan fingerprint density at radius 2 is 2.55 bits per heavy atom. The van der Waals surface area contributed by atoms with Gasteiger partial charge >= 0.3 is 6.03 Å². The molecule has 0 atom stereocenters. The lowest BCUT2D eigenvalue weighted by atomic mass is 10.7. The summed E-state index contributed by atoms with van der Waals surface area (Å²) in [4.78, 5) is 10.1. The van der Waals surface area contributed by atoms with Crippen LogP contribution in [0.15, 0.2) is 16.6 Å². The third kappa shape index (κ3) is 9.03. The molecule has 0 aliphatic heterocycles. The van der Waals surface area contributed by atoms with Gasteiger partial charge in [0.2, 0.25) is 0 Å². The van der Waals surface area contributed by atoms with Gasteiger partial charge in [-0.3, -0.25) is 0 Å². The van der Waals surface area contributed by atoms with E-state index in [4.69, 9.17) is 5.73 Å². The highest BCUT2D eigenvalue weighted by atomic mass is 32.2. The smallest absolute Gasteiger partial charge is 0.332 e. The molecule has 0 bridgehead atoms. The van der Waals surface area contributed by atoms with Gasteiger partial charge in [-0.2, -0.15) is 5.10 Å². The summed E-state index contributed by atoms with van der Waals surface area (Å²) in [5, 5.41) is 5.37. The summed E-state index contributed by atoms with van der Waals surface area (Å²) < 4.78 is 0. The Morgan fingerprint density at radius 1 is 1.82 bits per heavy atom. The minimum atomic E-state index is -0.655. The summed E-state index contributed by atoms with van der Waals surface area (Å²) in [7, 11) is 0. The van der Waals surface area contributed by atoms with E-state index in [2.05, 4.69) is 10.5 Å². The third-order valence-electron chi connectivity index (χ3n) is 0.677. The van der Waals surface area contributed by atoms with Crippen molar-refractivity contribution >= 4 is 24.0 Å².